The summed E-state index contributed by atoms with van der Waals surface area (Å²) < 4.78 is 0. The van der Waals surface area contributed by atoms with Gasteiger partial charge in [0.2, 0.25) is 5.95 Å². The van der Waals surface area contributed by atoms with Crippen molar-refractivity contribution in [1.82, 2.24) is 19.9 Å². The summed E-state index contributed by atoms with van der Waals surface area (Å²) in [6.07, 6.45) is 5.40. The van der Waals surface area contributed by atoms with Crippen molar-refractivity contribution in [2.24, 2.45) is 0 Å². The Morgan fingerprint density at radius 3 is 2.84 bits per heavy atom. The number of H-pyrrole nitrogens is 2. The predicted molar refractivity (Wildman–Crippen MR) is 125 cm³/mol. The summed E-state index contributed by atoms with van der Waals surface area (Å²) in [6, 6.07) is 16.1. The number of aliphatic carboxylic acids is 1. The number of aromatic nitrogens is 4. The van der Waals surface area contributed by atoms with Crippen LogP contribution in [-0.2, 0) is 17.8 Å². The largest absolute Gasteiger partial charge is 0.481 e. The van der Waals surface area contributed by atoms with Gasteiger partial charge < -0.3 is 25.3 Å². The van der Waals surface area contributed by atoms with Crippen LogP contribution in [0.5, 0.6) is 0 Å². The Morgan fingerprint density at radius 2 is 1.97 bits per heavy atom. The van der Waals surface area contributed by atoms with E-state index in [0.29, 0.717) is 12.5 Å². The molecule has 0 aliphatic heterocycles. The molecule has 0 radical (unpaired) electrons. The van der Waals surface area contributed by atoms with Crippen LogP contribution in [0.15, 0.2) is 67.1 Å². The number of aromatic amines is 2. The number of nitrogens with zero attached hydrogens (tertiary/aromatic N) is 3. The number of rotatable bonds is 7. The first-order valence-corrected chi connectivity index (χ1v) is 10.3. The van der Waals surface area contributed by atoms with E-state index in [0.717, 1.165) is 44.4 Å². The number of anilines is 3. The molecule has 2 aromatic carbocycles. The van der Waals surface area contributed by atoms with Crippen molar-refractivity contribution < 1.29 is 9.90 Å². The molecular formula is C24H22N6O2. The van der Waals surface area contributed by atoms with Crippen molar-refractivity contribution in [3.05, 3.63) is 78.2 Å². The van der Waals surface area contributed by atoms with Crippen molar-refractivity contribution >= 4 is 45.2 Å². The van der Waals surface area contributed by atoms with E-state index in [1.54, 1.807) is 12.4 Å². The molecule has 0 saturated heterocycles. The standard InChI is InChI=1S/C24H22N6O2/c1-30(18-3-5-20-16(11-18)6-8-25-20)22-7-9-26-24(29-22)28-13-15-2-4-21-19(10-15)17(14-27-21)12-23(31)32/h2-11,14,25,27H,12-13H2,1H3,(H,31,32)(H,26,28,29). The maximum Gasteiger partial charge on any atom is 0.307 e. The summed E-state index contributed by atoms with van der Waals surface area (Å²) in [5, 5.41) is 14.4. The van der Waals surface area contributed by atoms with Gasteiger partial charge in [-0.1, -0.05) is 6.07 Å². The number of benzene rings is 2. The monoisotopic (exact) mass is 426 g/mol. The predicted octanol–water partition coefficient (Wildman–Crippen LogP) is 4.45. The molecule has 0 unspecified atom stereocenters. The van der Waals surface area contributed by atoms with E-state index in [4.69, 9.17) is 5.11 Å². The van der Waals surface area contributed by atoms with Gasteiger partial charge in [0.25, 0.3) is 0 Å². The van der Waals surface area contributed by atoms with E-state index >= 15 is 0 Å². The maximum atomic E-state index is 11.1. The Bertz CT molecular complexity index is 1420. The zero-order chi connectivity index (χ0) is 22.1. The summed E-state index contributed by atoms with van der Waals surface area (Å²) in [6.45, 7) is 0.524. The van der Waals surface area contributed by atoms with Gasteiger partial charge in [-0.2, -0.15) is 4.98 Å². The quantitative estimate of drug-likeness (QED) is 0.306. The van der Waals surface area contributed by atoms with Crippen LogP contribution in [0.25, 0.3) is 21.8 Å². The number of hydrogen-bond acceptors (Lipinski definition) is 5. The summed E-state index contributed by atoms with van der Waals surface area (Å²) in [5.74, 6) is 0.457. The van der Waals surface area contributed by atoms with Gasteiger partial charge in [-0.3, -0.25) is 4.79 Å². The van der Waals surface area contributed by atoms with E-state index in [1.807, 2.05) is 48.5 Å². The van der Waals surface area contributed by atoms with E-state index in [-0.39, 0.29) is 6.42 Å². The van der Waals surface area contributed by atoms with Crippen LogP contribution in [0.3, 0.4) is 0 Å². The molecule has 3 heterocycles. The number of hydrogen-bond donors (Lipinski definition) is 4. The topological polar surface area (TPSA) is 110 Å². The molecule has 8 nitrogen and oxygen atoms in total. The fraction of sp³-hybridized carbons (Fsp3) is 0.125. The Morgan fingerprint density at radius 1 is 1.09 bits per heavy atom. The van der Waals surface area contributed by atoms with Crippen LogP contribution < -0.4 is 10.2 Å². The summed E-state index contributed by atoms with van der Waals surface area (Å²) in [4.78, 5) is 28.4. The Kier molecular flexibility index (Phi) is 4.95. The minimum absolute atomic E-state index is 0.0110. The highest BCUT2D eigenvalue weighted by molar-refractivity contribution is 5.87. The normalized spacial score (nSPS) is 11.2. The van der Waals surface area contributed by atoms with Crippen molar-refractivity contribution in [3.8, 4) is 0 Å². The second kappa shape index (κ2) is 8.07. The summed E-state index contributed by atoms with van der Waals surface area (Å²) in [5.41, 5.74) is 4.84. The number of fused-ring (bicyclic) bond motifs is 2. The lowest BCUT2D eigenvalue weighted by molar-refractivity contribution is -0.136. The minimum Gasteiger partial charge on any atom is -0.481 e. The van der Waals surface area contributed by atoms with Gasteiger partial charge in [0.15, 0.2) is 0 Å². The maximum absolute atomic E-state index is 11.1. The lowest BCUT2D eigenvalue weighted by Crippen LogP contribution is -2.13. The van der Waals surface area contributed by atoms with Crippen molar-refractivity contribution in [1.29, 1.82) is 0 Å². The second-order valence-electron chi connectivity index (χ2n) is 7.66. The molecule has 0 fully saturated rings. The van der Waals surface area contributed by atoms with Gasteiger partial charge in [0, 0.05) is 59.7 Å². The highest BCUT2D eigenvalue weighted by Gasteiger charge is 2.10. The molecule has 0 saturated carbocycles. The van der Waals surface area contributed by atoms with Crippen LogP contribution >= 0.6 is 0 Å². The zero-order valence-electron chi connectivity index (χ0n) is 17.5. The molecule has 3 aromatic heterocycles. The SMILES string of the molecule is CN(c1ccc2[nH]ccc2c1)c1ccnc(NCc2ccc3[nH]cc(CC(=O)O)c3c2)n1. The third-order valence-electron chi connectivity index (χ3n) is 5.53. The van der Waals surface area contributed by atoms with Gasteiger partial charge >= 0.3 is 5.97 Å². The number of carboxylic acid groups (broad SMARTS) is 1. The first-order chi connectivity index (χ1) is 15.6. The third kappa shape index (κ3) is 3.85. The Hall–Kier alpha value is -4.33. The molecule has 0 spiro atoms. The number of carboxylic acids is 1. The third-order valence-corrected chi connectivity index (χ3v) is 5.53. The Labute approximate surface area is 183 Å². The molecule has 8 heteroatoms. The highest BCUT2D eigenvalue weighted by Crippen LogP contribution is 2.26. The van der Waals surface area contributed by atoms with Crippen molar-refractivity contribution in [2.45, 2.75) is 13.0 Å². The Balaban J connectivity index is 1.33. The lowest BCUT2D eigenvalue weighted by Gasteiger charge is -2.19. The van der Waals surface area contributed by atoms with Gasteiger partial charge in [0.1, 0.15) is 5.82 Å². The van der Waals surface area contributed by atoms with Crippen LogP contribution in [0.4, 0.5) is 17.5 Å². The average Bonchev–Trinajstić information content (AvgIpc) is 3.43. The highest BCUT2D eigenvalue weighted by atomic mass is 16.4. The summed E-state index contributed by atoms with van der Waals surface area (Å²) >= 11 is 0. The van der Waals surface area contributed by atoms with E-state index < -0.39 is 5.97 Å². The van der Waals surface area contributed by atoms with Crippen LogP contribution in [-0.4, -0.2) is 38.1 Å². The van der Waals surface area contributed by atoms with Crippen LogP contribution in [0.1, 0.15) is 11.1 Å². The van der Waals surface area contributed by atoms with Crippen LogP contribution in [0, 0.1) is 0 Å². The molecule has 0 atom stereocenters. The molecule has 0 bridgehead atoms. The van der Waals surface area contributed by atoms with Crippen molar-refractivity contribution in [3.63, 3.8) is 0 Å². The first-order valence-electron chi connectivity index (χ1n) is 10.3. The molecule has 5 rings (SSSR count). The van der Waals surface area contributed by atoms with Gasteiger partial charge in [-0.05, 0) is 53.6 Å². The number of nitrogens with one attached hydrogen (secondary N) is 3. The summed E-state index contributed by atoms with van der Waals surface area (Å²) in [7, 11) is 1.98. The lowest BCUT2D eigenvalue weighted by atomic mass is 10.1. The second-order valence-corrected chi connectivity index (χ2v) is 7.66. The van der Waals surface area contributed by atoms with Gasteiger partial charge in [-0.25, -0.2) is 4.98 Å². The molecule has 0 amide bonds. The molecule has 32 heavy (non-hydrogen) atoms. The van der Waals surface area contributed by atoms with Gasteiger partial charge in [-0.15, -0.1) is 0 Å². The molecule has 5 aromatic rings. The average molecular weight is 426 g/mol. The van der Waals surface area contributed by atoms with E-state index in [1.165, 1.54) is 0 Å². The first kappa shape index (κ1) is 19.6. The zero-order valence-corrected chi connectivity index (χ0v) is 17.5. The number of carbonyl (C=O) groups is 1. The molecule has 4 N–H and O–H groups in total. The minimum atomic E-state index is -0.848. The molecule has 0 aliphatic carbocycles. The fourth-order valence-electron chi connectivity index (χ4n) is 3.83. The smallest absolute Gasteiger partial charge is 0.307 e. The van der Waals surface area contributed by atoms with Gasteiger partial charge in [0.05, 0.1) is 6.42 Å². The van der Waals surface area contributed by atoms with E-state index in [9.17, 15) is 4.79 Å². The molecule has 160 valence electrons. The van der Waals surface area contributed by atoms with Crippen LogP contribution in [0.2, 0.25) is 0 Å². The molecular weight excluding hydrogens is 404 g/mol. The fourth-order valence-corrected chi connectivity index (χ4v) is 3.83. The molecule has 0 aliphatic rings. The van der Waals surface area contributed by atoms with Crippen molar-refractivity contribution in [2.75, 3.05) is 17.3 Å². The van der Waals surface area contributed by atoms with E-state index in [2.05, 4.69) is 43.5 Å².